The van der Waals surface area contributed by atoms with Crippen LogP contribution in [0, 0.1) is 11.3 Å². The standard InChI is InChI=1S/C13H15N3S2.Na/c14-10-13(11-4-2-1-3-5-11)6-8-16(9-7-13)15-12(17)18;/h1-5H,6-9H2,(H2,15,17,18);/q;+1/p-1. The Morgan fingerprint density at radius 1 is 1.32 bits per heavy atom. The summed E-state index contributed by atoms with van der Waals surface area (Å²) in [6.45, 7) is 1.55. The van der Waals surface area contributed by atoms with Crippen LogP contribution in [0.2, 0.25) is 0 Å². The van der Waals surface area contributed by atoms with E-state index in [2.05, 4.69) is 11.5 Å². The summed E-state index contributed by atoms with van der Waals surface area (Å²) in [5.41, 5.74) is 3.70. The average molecular weight is 299 g/mol. The molecular formula is C13H14N3NaS2. The smallest absolute Gasteiger partial charge is 0.410 e. The fourth-order valence-electron chi connectivity index (χ4n) is 2.35. The van der Waals surface area contributed by atoms with Crippen LogP contribution in [0.1, 0.15) is 18.4 Å². The molecule has 0 unspecified atom stereocenters. The van der Waals surface area contributed by atoms with Crippen LogP contribution in [0.5, 0.6) is 0 Å². The second-order valence-electron chi connectivity index (χ2n) is 4.45. The predicted octanol–water partition coefficient (Wildman–Crippen LogP) is -1.12. The third kappa shape index (κ3) is 4.12. The minimum atomic E-state index is -0.373. The molecule has 0 spiro atoms. The summed E-state index contributed by atoms with van der Waals surface area (Å²) in [6, 6.07) is 12.5. The van der Waals surface area contributed by atoms with Crippen LogP contribution in [0.3, 0.4) is 0 Å². The van der Waals surface area contributed by atoms with E-state index in [0.29, 0.717) is 4.32 Å². The van der Waals surface area contributed by atoms with E-state index >= 15 is 0 Å². The maximum atomic E-state index is 9.53. The molecule has 1 aromatic rings. The molecule has 0 atom stereocenters. The summed E-state index contributed by atoms with van der Waals surface area (Å²) in [5, 5.41) is 11.5. The van der Waals surface area contributed by atoms with Crippen molar-refractivity contribution in [2.75, 3.05) is 13.1 Å². The number of hydrogen-bond acceptors (Lipinski definition) is 4. The minimum absolute atomic E-state index is 0. The number of hydrogen-bond donors (Lipinski definition) is 1. The fraction of sp³-hybridized carbons (Fsp3) is 0.385. The van der Waals surface area contributed by atoms with Crippen molar-refractivity contribution in [3.05, 3.63) is 35.9 Å². The van der Waals surface area contributed by atoms with Crippen molar-refractivity contribution in [1.82, 2.24) is 10.4 Å². The van der Waals surface area contributed by atoms with E-state index in [1.165, 1.54) is 0 Å². The van der Waals surface area contributed by atoms with E-state index in [9.17, 15) is 5.26 Å². The van der Waals surface area contributed by atoms with E-state index in [1.54, 1.807) is 0 Å². The van der Waals surface area contributed by atoms with Gasteiger partial charge in [-0.1, -0.05) is 30.3 Å². The predicted molar refractivity (Wildman–Crippen MR) is 77.6 cm³/mol. The van der Waals surface area contributed by atoms with Gasteiger partial charge in [0.1, 0.15) is 0 Å². The van der Waals surface area contributed by atoms with Gasteiger partial charge in [-0.15, -0.1) is 0 Å². The number of hydrazine groups is 1. The maximum absolute atomic E-state index is 9.53. The molecule has 3 nitrogen and oxygen atoms in total. The van der Waals surface area contributed by atoms with Crippen LogP contribution in [-0.2, 0) is 18.0 Å². The molecule has 1 fully saturated rings. The summed E-state index contributed by atoms with van der Waals surface area (Å²) in [6.07, 6.45) is 1.58. The van der Waals surface area contributed by atoms with Gasteiger partial charge in [0.25, 0.3) is 0 Å². The molecule has 1 aliphatic rings. The molecule has 6 heteroatoms. The normalized spacial score (nSPS) is 17.8. The molecule has 19 heavy (non-hydrogen) atoms. The quantitative estimate of drug-likeness (QED) is 0.426. The first-order chi connectivity index (χ1) is 8.66. The number of nitrogens with zero attached hydrogens (tertiary/aromatic N) is 2. The van der Waals surface area contributed by atoms with Crippen LogP contribution in [0.15, 0.2) is 30.3 Å². The van der Waals surface area contributed by atoms with Gasteiger partial charge >= 0.3 is 29.6 Å². The van der Waals surface area contributed by atoms with E-state index in [0.717, 1.165) is 31.5 Å². The molecule has 1 aliphatic heterocycles. The van der Waals surface area contributed by atoms with Crippen molar-refractivity contribution in [3.8, 4) is 6.07 Å². The molecule has 0 radical (unpaired) electrons. The van der Waals surface area contributed by atoms with Crippen LogP contribution >= 0.6 is 12.2 Å². The zero-order valence-corrected chi connectivity index (χ0v) is 14.6. The third-order valence-electron chi connectivity index (χ3n) is 3.41. The molecular weight excluding hydrogens is 285 g/mol. The number of nitrogens with one attached hydrogen (secondary N) is 1. The Hall–Kier alpha value is -0.220. The zero-order chi connectivity index (χ0) is 13.0. The van der Waals surface area contributed by atoms with E-state index in [1.807, 2.05) is 35.3 Å². The van der Waals surface area contributed by atoms with Gasteiger partial charge in [-0.05, 0) is 22.7 Å². The van der Waals surface area contributed by atoms with Crippen LogP contribution < -0.4 is 35.0 Å². The molecule has 0 aliphatic carbocycles. The summed E-state index contributed by atoms with van der Waals surface area (Å²) >= 11 is 9.70. The van der Waals surface area contributed by atoms with Gasteiger partial charge in [0.15, 0.2) is 0 Å². The van der Waals surface area contributed by atoms with Gasteiger partial charge in [0.05, 0.1) is 11.5 Å². The topological polar surface area (TPSA) is 39.1 Å². The summed E-state index contributed by atoms with van der Waals surface area (Å²) in [7, 11) is 0. The van der Waals surface area contributed by atoms with Crippen molar-refractivity contribution in [3.63, 3.8) is 0 Å². The molecule has 1 aromatic carbocycles. The van der Waals surface area contributed by atoms with Crippen molar-refractivity contribution in [2.45, 2.75) is 18.3 Å². The molecule has 0 saturated carbocycles. The Morgan fingerprint density at radius 3 is 2.37 bits per heavy atom. The van der Waals surface area contributed by atoms with Crippen molar-refractivity contribution < 1.29 is 29.6 Å². The van der Waals surface area contributed by atoms with Crippen molar-refractivity contribution >= 4 is 29.2 Å². The van der Waals surface area contributed by atoms with Gasteiger partial charge in [0.2, 0.25) is 0 Å². The molecule has 1 saturated heterocycles. The first-order valence-electron chi connectivity index (χ1n) is 5.86. The summed E-state index contributed by atoms with van der Waals surface area (Å²) < 4.78 is 0.360. The van der Waals surface area contributed by atoms with Crippen LogP contribution in [0.25, 0.3) is 0 Å². The second kappa shape index (κ2) is 7.53. The third-order valence-corrected chi connectivity index (χ3v) is 3.59. The van der Waals surface area contributed by atoms with Gasteiger partial charge < -0.3 is 30.3 Å². The molecule has 94 valence electrons. The first-order valence-corrected chi connectivity index (χ1v) is 6.67. The molecule has 1 N–H and O–H groups in total. The SMILES string of the molecule is N#CC1(c2ccccc2)CCN(NC(=S)[S-])CC1.[Na+]. The Morgan fingerprint density at radius 2 is 1.89 bits per heavy atom. The van der Waals surface area contributed by atoms with Gasteiger partial charge in [-0.25, -0.2) is 5.01 Å². The van der Waals surface area contributed by atoms with Crippen molar-refractivity contribution in [2.24, 2.45) is 0 Å². The second-order valence-corrected chi connectivity index (χ2v) is 5.52. The van der Waals surface area contributed by atoms with Gasteiger partial charge in [-0.2, -0.15) is 5.26 Å². The fourth-order valence-corrected chi connectivity index (χ4v) is 2.61. The van der Waals surface area contributed by atoms with Crippen LogP contribution in [-0.4, -0.2) is 22.4 Å². The number of thiocarbonyl (C=S) groups is 1. The maximum Gasteiger partial charge on any atom is 1.00 e. The Balaban J connectivity index is 0.00000180. The number of nitriles is 1. The molecule has 0 amide bonds. The largest absolute Gasteiger partial charge is 1.00 e. The summed E-state index contributed by atoms with van der Waals surface area (Å²) in [4.78, 5) is 0. The zero-order valence-electron chi connectivity index (χ0n) is 10.9. The molecule has 1 heterocycles. The number of rotatable bonds is 2. The number of piperidine rings is 1. The number of benzene rings is 1. The van der Waals surface area contributed by atoms with E-state index in [4.69, 9.17) is 24.8 Å². The van der Waals surface area contributed by atoms with Crippen molar-refractivity contribution in [1.29, 1.82) is 5.26 Å². The average Bonchev–Trinajstić information content (AvgIpc) is 2.40. The molecule has 0 bridgehead atoms. The monoisotopic (exact) mass is 299 g/mol. The Kier molecular flexibility index (Phi) is 6.67. The molecule has 2 rings (SSSR count). The Bertz CT molecular complexity index is 465. The van der Waals surface area contributed by atoms with E-state index < -0.39 is 0 Å². The van der Waals surface area contributed by atoms with E-state index in [-0.39, 0.29) is 35.0 Å². The van der Waals surface area contributed by atoms with Gasteiger partial charge in [0, 0.05) is 13.1 Å². The minimum Gasteiger partial charge on any atom is -0.410 e. The van der Waals surface area contributed by atoms with Crippen LogP contribution in [0.4, 0.5) is 0 Å². The van der Waals surface area contributed by atoms with Gasteiger partial charge in [-0.3, -0.25) is 0 Å². The Labute approximate surface area is 147 Å². The summed E-state index contributed by atoms with van der Waals surface area (Å²) in [5.74, 6) is 0. The first kappa shape index (κ1) is 16.8. The molecule has 0 aromatic heterocycles.